The Morgan fingerprint density at radius 1 is 1.53 bits per heavy atom. The number of hydrogen-bond donors (Lipinski definition) is 1. The van der Waals surface area contributed by atoms with E-state index in [-0.39, 0.29) is 5.92 Å². The monoisotopic (exact) mass is 254 g/mol. The average Bonchev–Trinajstić information content (AvgIpc) is 2.26. The van der Waals surface area contributed by atoms with Crippen LogP contribution in [0.15, 0.2) is 0 Å². The molecule has 1 atom stereocenters. The van der Waals surface area contributed by atoms with Crippen LogP contribution in [-0.2, 0) is 4.74 Å². The molecule has 17 heavy (non-hydrogen) atoms. The fourth-order valence-corrected chi connectivity index (χ4v) is 1.73. The van der Waals surface area contributed by atoms with Gasteiger partial charge in [0.15, 0.2) is 0 Å². The second kappa shape index (κ2) is 6.09. The highest BCUT2D eigenvalue weighted by atomic mass is 19.4. The van der Waals surface area contributed by atoms with Gasteiger partial charge in [-0.05, 0) is 12.8 Å². The molecule has 7 heteroatoms. The highest BCUT2D eigenvalue weighted by molar-refractivity contribution is 5.73. The summed E-state index contributed by atoms with van der Waals surface area (Å²) in [5.41, 5.74) is 0. The standard InChI is InChI=1S/C10H17F3N2O2/c1-15(5-8-3-2-4-17-6-8)9(16)14-7-10(11,12)13/h8H,2-7H2,1H3,(H,14,16). The summed E-state index contributed by atoms with van der Waals surface area (Å²) >= 11 is 0. The summed E-state index contributed by atoms with van der Waals surface area (Å²) in [4.78, 5) is 12.6. The minimum atomic E-state index is -4.37. The number of alkyl halides is 3. The van der Waals surface area contributed by atoms with Crippen LogP contribution in [0.25, 0.3) is 0 Å². The van der Waals surface area contributed by atoms with Crippen LogP contribution in [0.2, 0.25) is 0 Å². The Balaban J connectivity index is 2.26. The zero-order valence-electron chi connectivity index (χ0n) is 9.72. The van der Waals surface area contributed by atoms with Crippen LogP contribution >= 0.6 is 0 Å². The van der Waals surface area contributed by atoms with Gasteiger partial charge in [0, 0.05) is 26.1 Å². The van der Waals surface area contributed by atoms with Gasteiger partial charge in [-0.25, -0.2) is 4.79 Å². The summed E-state index contributed by atoms with van der Waals surface area (Å²) in [6, 6.07) is -0.701. The average molecular weight is 254 g/mol. The number of carbonyl (C=O) groups excluding carboxylic acids is 1. The third kappa shape index (κ3) is 5.76. The van der Waals surface area contributed by atoms with E-state index in [2.05, 4.69) is 0 Å². The van der Waals surface area contributed by atoms with Crippen LogP contribution in [0.5, 0.6) is 0 Å². The Morgan fingerprint density at radius 3 is 2.76 bits per heavy atom. The minimum absolute atomic E-state index is 0.213. The van der Waals surface area contributed by atoms with Crippen LogP contribution in [0, 0.1) is 5.92 Å². The summed E-state index contributed by atoms with van der Waals surface area (Å²) < 4.78 is 40.9. The first-order valence-electron chi connectivity index (χ1n) is 5.52. The Bertz CT molecular complexity index is 252. The van der Waals surface area contributed by atoms with Crippen molar-refractivity contribution in [1.82, 2.24) is 10.2 Å². The number of amides is 2. The molecule has 0 aromatic heterocycles. The van der Waals surface area contributed by atoms with Gasteiger partial charge in [-0.3, -0.25) is 0 Å². The Kier molecular flexibility index (Phi) is 5.04. The molecular weight excluding hydrogens is 237 g/mol. The second-order valence-corrected chi connectivity index (χ2v) is 4.24. The van der Waals surface area contributed by atoms with Crippen molar-refractivity contribution in [2.45, 2.75) is 19.0 Å². The highest BCUT2D eigenvalue weighted by Gasteiger charge is 2.28. The topological polar surface area (TPSA) is 41.6 Å². The number of halogens is 3. The van der Waals surface area contributed by atoms with Gasteiger partial charge in [0.2, 0.25) is 0 Å². The molecule has 0 saturated carbocycles. The maximum atomic E-state index is 11.9. The second-order valence-electron chi connectivity index (χ2n) is 4.24. The van der Waals surface area contributed by atoms with Crippen molar-refractivity contribution in [3.63, 3.8) is 0 Å². The van der Waals surface area contributed by atoms with Crippen LogP contribution < -0.4 is 5.32 Å². The summed E-state index contributed by atoms with van der Waals surface area (Å²) in [6.07, 6.45) is -2.50. The first-order chi connectivity index (χ1) is 7.88. The van der Waals surface area contributed by atoms with E-state index < -0.39 is 18.8 Å². The van der Waals surface area contributed by atoms with E-state index in [0.29, 0.717) is 13.2 Å². The molecule has 1 rings (SSSR count). The van der Waals surface area contributed by atoms with Crippen molar-refractivity contribution in [2.75, 3.05) is 33.4 Å². The number of urea groups is 1. The van der Waals surface area contributed by atoms with E-state index >= 15 is 0 Å². The molecule has 0 radical (unpaired) electrons. The SMILES string of the molecule is CN(CC1CCCOC1)C(=O)NCC(F)(F)F. The molecule has 0 aliphatic carbocycles. The molecule has 2 amide bonds. The predicted octanol–water partition coefficient (Wildman–Crippen LogP) is 1.62. The molecule has 100 valence electrons. The van der Waals surface area contributed by atoms with E-state index in [4.69, 9.17) is 4.74 Å². The molecule has 4 nitrogen and oxygen atoms in total. The van der Waals surface area contributed by atoms with Gasteiger partial charge in [-0.2, -0.15) is 13.2 Å². The van der Waals surface area contributed by atoms with Gasteiger partial charge in [-0.15, -0.1) is 0 Å². The van der Waals surface area contributed by atoms with Crippen LogP contribution in [0.4, 0.5) is 18.0 Å². The predicted molar refractivity (Wildman–Crippen MR) is 55.6 cm³/mol. The van der Waals surface area contributed by atoms with E-state index in [1.165, 1.54) is 11.9 Å². The van der Waals surface area contributed by atoms with Crippen LogP contribution in [0.3, 0.4) is 0 Å². The lowest BCUT2D eigenvalue weighted by molar-refractivity contribution is -0.123. The number of nitrogens with one attached hydrogen (secondary N) is 1. The lowest BCUT2D eigenvalue weighted by Gasteiger charge is -2.27. The fraction of sp³-hybridized carbons (Fsp3) is 0.900. The zero-order valence-corrected chi connectivity index (χ0v) is 9.72. The molecule has 1 aliphatic rings. The number of ether oxygens (including phenoxy) is 1. The molecule has 0 bridgehead atoms. The molecular formula is C10H17F3N2O2. The maximum Gasteiger partial charge on any atom is 0.405 e. The smallest absolute Gasteiger partial charge is 0.381 e. The number of nitrogens with zero attached hydrogens (tertiary/aromatic N) is 1. The fourth-order valence-electron chi connectivity index (χ4n) is 1.73. The largest absolute Gasteiger partial charge is 0.405 e. The van der Waals surface area contributed by atoms with E-state index in [0.717, 1.165) is 19.4 Å². The van der Waals surface area contributed by atoms with E-state index in [9.17, 15) is 18.0 Å². The van der Waals surface area contributed by atoms with Gasteiger partial charge in [0.1, 0.15) is 6.54 Å². The lowest BCUT2D eigenvalue weighted by atomic mass is 10.0. The van der Waals surface area contributed by atoms with Crippen LogP contribution in [0.1, 0.15) is 12.8 Å². The molecule has 1 aliphatic heterocycles. The Hall–Kier alpha value is -0.980. The molecule has 1 saturated heterocycles. The highest BCUT2D eigenvalue weighted by Crippen LogP contribution is 2.15. The molecule has 1 heterocycles. The lowest BCUT2D eigenvalue weighted by Crippen LogP contribution is -2.44. The van der Waals surface area contributed by atoms with Gasteiger partial charge in [0.25, 0.3) is 0 Å². The summed E-state index contributed by atoms with van der Waals surface area (Å²) in [7, 11) is 1.49. The summed E-state index contributed by atoms with van der Waals surface area (Å²) in [5.74, 6) is 0.213. The van der Waals surface area contributed by atoms with E-state index in [1.54, 1.807) is 0 Å². The molecule has 1 fully saturated rings. The number of rotatable bonds is 3. The Morgan fingerprint density at radius 2 is 2.24 bits per heavy atom. The molecule has 1 N–H and O–H groups in total. The number of hydrogen-bond acceptors (Lipinski definition) is 2. The molecule has 0 spiro atoms. The maximum absolute atomic E-state index is 11.9. The third-order valence-electron chi connectivity index (χ3n) is 2.57. The number of carbonyl (C=O) groups is 1. The first-order valence-corrected chi connectivity index (χ1v) is 5.52. The van der Waals surface area contributed by atoms with Gasteiger partial charge < -0.3 is 15.0 Å². The van der Waals surface area contributed by atoms with Gasteiger partial charge in [-0.1, -0.05) is 0 Å². The normalized spacial score (nSPS) is 21.1. The third-order valence-corrected chi connectivity index (χ3v) is 2.57. The summed E-state index contributed by atoms with van der Waals surface area (Å²) in [6.45, 7) is 0.415. The molecule has 1 unspecified atom stereocenters. The van der Waals surface area contributed by atoms with Crippen molar-refractivity contribution in [3.05, 3.63) is 0 Å². The van der Waals surface area contributed by atoms with Crippen molar-refractivity contribution in [1.29, 1.82) is 0 Å². The van der Waals surface area contributed by atoms with Gasteiger partial charge in [0.05, 0.1) is 6.61 Å². The van der Waals surface area contributed by atoms with Crippen LogP contribution in [-0.4, -0.2) is 50.5 Å². The van der Waals surface area contributed by atoms with Crippen molar-refractivity contribution in [2.24, 2.45) is 5.92 Å². The van der Waals surface area contributed by atoms with E-state index in [1.807, 2.05) is 5.32 Å². The van der Waals surface area contributed by atoms with Crippen molar-refractivity contribution in [3.8, 4) is 0 Å². The quantitative estimate of drug-likeness (QED) is 0.831. The Labute approximate surface area is 98.1 Å². The summed E-state index contributed by atoms with van der Waals surface area (Å²) in [5, 5.41) is 1.83. The van der Waals surface area contributed by atoms with Crippen molar-refractivity contribution >= 4 is 6.03 Å². The zero-order chi connectivity index (χ0) is 12.9. The van der Waals surface area contributed by atoms with Gasteiger partial charge >= 0.3 is 12.2 Å². The minimum Gasteiger partial charge on any atom is -0.381 e. The van der Waals surface area contributed by atoms with Crippen molar-refractivity contribution < 1.29 is 22.7 Å². The molecule has 0 aromatic carbocycles. The molecule has 0 aromatic rings. The first kappa shape index (κ1) is 14.1.